The van der Waals surface area contributed by atoms with E-state index in [1.807, 2.05) is 39.8 Å². The molecule has 1 aliphatic carbocycles. The molecule has 5 rings (SSSR count). The Morgan fingerprint density at radius 1 is 1.02 bits per heavy atom. The van der Waals surface area contributed by atoms with Gasteiger partial charge >= 0.3 is 0 Å². The number of carbonyl (C=O) groups is 1. The Labute approximate surface area is 233 Å². The predicted molar refractivity (Wildman–Crippen MR) is 150 cm³/mol. The smallest absolute Gasteiger partial charge is 0.162 e. The number of anilines is 1. The number of allylic oxidation sites excluding steroid dienone is 3. The molecular formula is C33H31F2N3O2. The zero-order chi connectivity index (χ0) is 28.8. The van der Waals surface area contributed by atoms with E-state index in [1.165, 1.54) is 24.3 Å². The van der Waals surface area contributed by atoms with Crippen molar-refractivity contribution in [2.45, 2.75) is 53.1 Å². The van der Waals surface area contributed by atoms with Gasteiger partial charge in [-0.25, -0.2) is 8.78 Å². The molecule has 0 amide bonds. The van der Waals surface area contributed by atoms with Crippen LogP contribution in [-0.2, 0) is 11.4 Å². The summed E-state index contributed by atoms with van der Waals surface area (Å²) in [6.45, 7) is 8.20. The SMILES string of the molecule is Cc1cc(C)c(C2C(C#N)=C(N)N(c3cccc(F)c3)C3=C2C(=O)CC(C)(C)C3)cc1COc1ccc(F)cc1. The summed E-state index contributed by atoms with van der Waals surface area (Å²) < 4.78 is 33.6. The first-order valence-electron chi connectivity index (χ1n) is 13.2. The highest BCUT2D eigenvalue weighted by atomic mass is 19.1. The molecule has 0 saturated heterocycles. The molecule has 1 aliphatic heterocycles. The average Bonchev–Trinajstić information content (AvgIpc) is 2.88. The molecule has 0 bridgehead atoms. The van der Waals surface area contributed by atoms with E-state index in [-0.39, 0.29) is 35.0 Å². The fraction of sp³-hybridized carbons (Fsp3) is 0.273. The molecule has 3 aromatic carbocycles. The minimum absolute atomic E-state index is 0.0537. The van der Waals surface area contributed by atoms with Gasteiger partial charge in [0, 0.05) is 17.7 Å². The van der Waals surface area contributed by atoms with Gasteiger partial charge in [-0.3, -0.25) is 9.69 Å². The lowest BCUT2D eigenvalue weighted by Crippen LogP contribution is -2.42. The molecule has 2 aliphatic rings. The minimum atomic E-state index is -0.668. The number of Topliss-reactive ketones (excluding diaryl/α,β-unsaturated/α-hetero) is 1. The highest BCUT2D eigenvalue weighted by molar-refractivity contribution is 6.01. The van der Waals surface area contributed by atoms with Gasteiger partial charge in [0.25, 0.3) is 0 Å². The second kappa shape index (κ2) is 10.3. The summed E-state index contributed by atoms with van der Waals surface area (Å²) >= 11 is 0. The summed E-state index contributed by atoms with van der Waals surface area (Å²) in [7, 11) is 0. The summed E-state index contributed by atoms with van der Waals surface area (Å²) in [5, 5.41) is 10.4. The van der Waals surface area contributed by atoms with E-state index in [0.717, 1.165) is 22.3 Å². The molecular weight excluding hydrogens is 508 g/mol. The van der Waals surface area contributed by atoms with Crippen LogP contribution in [-0.4, -0.2) is 5.78 Å². The topological polar surface area (TPSA) is 79.4 Å². The van der Waals surface area contributed by atoms with Crippen LogP contribution in [0.4, 0.5) is 14.5 Å². The van der Waals surface area contributed by atoms with Crippen LogP contribution < -0.4 is 15.4 Å². The van der Waals surface area contributed by atoms with E-state index >= 15 is 0 Å². The van der Waals surface area contributed by atoms with Gasteiger partial charge in [-0.2, -0.15) is 5.26 Å². The van der Waals surface area contributed by atoms with Crippen molar-refractivity contribution < 1.29 is 18.3 Å². The van der Waals surface area contributed by atoms with Gasteiger partial charge in [0.05, 0.1) is 23.2 Å². The van der Waals surface area contributed by atoms with Gasteiger partial charge in [0.1, 0.15) is 29.8 Å². The first kappa shape index (κ1) is 27.1. The molecule has 1 unspecified atom stereocenters. The standard InChI is InChI=1S/C33H31F2N3O2/c1-19-12-20(2)26(13-21(19)18-40-25-10-8-22(34)9-11-25)30-27(17-36)32(37)38(24-7-5-6-23(35)14-24)28-15-33(3,4)16-29(39)31(28)30/h5-14,30H,15-16,18,37H2,1-4H3. The van der Waals surface area contributed by atoms with Crippen molar-refractivity contribution in [3.63, 3.8) is 0 Å². The number of carbonyl (C=O) groups excluding carboxylic acids is 1. The molecule has 1 heterocycles. The van der Waals surface area contributed by atoms with Crippen LogP contribution in [0.2, 0.25) is 0 Å². The maximum absolute atomic E-state index is 14.3. The largest absolute Gasteiger partial charge is 0.489 e. The van der Waals surface area contributed by atoms with Crippen molar-refractivity contribution in [1.82, 2.24) is 0 Å². The van der Waals surface area contributed by atoms with Gasteiger partial charge in [-0.05, 0) is 90.4 Å². The molecule has 5 nitrogen and oxygen atoms in total. The number of halogens is 2. The second-order valence-electron chi connectivity index (χ2n) is 11.3. The Morgan fingerprint density at radius 2 is 1.75 bits per heavy atom. The molecule has 2 N–H and O–H groups in total. The quantitative estimate of drug-likeness (QED) is 0.374. The van der Waals surface area contributed by atoms with Gasteiger partial charge in [0.2, 0.25) is 0 Å². The number of rotatable bonds is 5. The second-order valence-corrected chi connectivity index (χ2v) is 11.3. The Morgan fingerprint density at radius 3 is 2.42 bits per heavy atom. The summed E-state index contributed by atoms with van der Waals surface area (Å²) in [4.78, 5) is 15.5. The lowest BCUT2D eigenvalue weighted by Gasteiger charge is -2.44. The summed E-state index contributed by atoms with van der Waals surface area (Å²) in [5.74, 6) is -0.784. The van der Waals surface area contributed by atoms with Gasteiger partial charge in [0.15, 0.2) is 5.78 Å². The van der Waals surface area contributed by atoms with Crippen LogP contribution >= 0.6 is 0 Å². The highest BCUT2D eigenvalue weighted by Crippen LogP contribution is 2.50. The number of nitrogens with zero attached hydrogens (tertiary/aromatic N) is 2. The van der Waals surface area contributed by atoms with Crippen molar-refractivity contribution >= 4 is 11.5 Å². The van der Waals surface area contributed by atoms with Crippen LogP contribution in [0.25, 0.3) is 0 Å². The summed E-state index contributed by atoms with van der Waals surface area (Å²) in [6, 6.07) is 18.1. The summed E-state index contributed by atoms with van der Waals surface area (Å²) in [6.07, 6.45) is 0.856. The number of benzene rings is 3. The zero-order valence-corrected chi connectivity index (χ0v) is 23.0. The molecule has 204 valence electrons. The number of hydrogen-bond acceptors (Lipinski definition) is 5. The molecule has 0 aromatic heterocycles. The van der Waals surface area contributed by atoms with Crippen molar-refractivity contribution in [3.8, 4) is 11.8 Å². The van der Waals surface area contributed by atoms with Crippen molar-refractivity contribution in [3.05, 3.63) is 117 Å². The zero-order valence-electron chi connectivity index (χ0n) is 23.0. The highest BCUT2D eigenvalue weighted by Gasteiger charge is 2.45. The van der Waals surface area contributed by atoms with E-state index < -0.39 is 11.7 Å². The number of nitrogens with two attached hydrogens (primary N) is 1. The van der Waals surface area contributed by atoms with E-state index in [2.05, 4.69) is 6.07 Å². The van der Waals surface area contributed by atoms with Crippen LogP contribution in [0.15, 0.2) is 83.3 Å². The van der Waals surface area contributed by atoms with Crippen LogP contribution in [0.1, 0.15) is 54.9 Å². The predicted octanol–water partition coefficient (Wildman–Crippen LogP) is 7.10. The molecule has 7 heteroatoms. The van der Waals surface area contributed by atoms with Gasteiger partial charge < -0.3 is 10.5 Å². The normalized spacial score (nSPS) is 18.5. The van der Waals surface area contributed by atoms with Crippen LogP contribution in [0, 0.1) is 42.2 Å². The number of nitriles is 1. The maximum atomic E-state index is 14.3. The molecule has 0 spiro atoms. The fourth-order valence-corrected chi connectivity index (χ4v) is 5.80. The van der Waals surface area contributed by atoms with Crippen molar-refractivity contribution in [1.29, 1.82) is 5.26 Å². The number of ether oxygens (including phenoxy) is 1. The third kappa shape index (κ3) is 4.98. The Balaban J connectivity index is 1.66. The fourth-order valence-electron chi connectivity index (χ4n) is 5.80. The molecule has 0 saturated carbocycles. The Kier molecular flexibility index (Phi) is 6.97. The maximum Gasteiger partial charge on any atom is 0.162 e. The molecule has 1 atom stereocenters. The third-order valence-electron chi connectivity index (χ3n) is 7.69. The first-order valence-corrected chi connectivity index (χ1v) is 13.2. The lowest BCUT2D eigenvalue weighted by molar-refractivity contribution is -0.118. The average molecular weight is 540 g/mol. The van der Waals surface area contributed by atoms with Crippen molar-refractivity contribution in [2.24, 2.45) is 11.1 Å². The van der Waals surface area contributed by atoms with Crippen molar-refractivity contribution in [2.75, 3.05) is 4.90 Å². The van der Waals surface area contributed by atoms with Gasteiger partial charge in [-0.1, -0.05) is 32.0 Å². The van der Waals surface area contributed by atoms with E-state index in [4.69, 9.17) is 10.5 Å². The number of hydrogen-bond donors (Lipinski definition) is 1. The number of ketones is 1. The third-order valence-corrected chi connectivity index (χ3v) is 7.69. The van der Waals surface area contributed by atoms with E-state index in [9.17, 15) is 18.8 Å². The Hall–Kier alpha value is -4.44. The molecule has 0 radical (unpaired) electrons. The van der Waals surface area contributed by atoms with E-state index in [0.29, 0.717) is 35.5 Å². The number of aryl methyl sites for hydroxylation is 2. The van der Waals surface area contributed by atoms with Crippen LogP contribution in [0.3, 0.4) is 0 Å². The van der Waals surface area contributed by atoms with Gasteiger partial charge in [-0.15, -0.1) is 0 Å². The first-order chi connectivity index (χ1) is 19.0. The summed E-state index contributed by atoms with van der Waals surface area (Å²) in [5.41, 5.74) is 11.9. The molecule has 0 fully saturated rings. The van der Waals surface area contributed by atoms with E-state index in [1.54, 1.807) is 29.2 Å². The lowest BCUT2D eigenvalue weighted by atomic mass is 9.68. The van der Waals surface area contributed by atoms with Crippen LogP contribution in [0.5, 0.6) is 5.75 Å². The molecule has 40 heavy (non-hydrogen) atoms. The molecule has 3 aromatic rings. The Bertz CT molecular complexity index is 1610. The minimum Gasteiger partial charge on any atom is -0.489 e. The monoisotopic (exact) mass is 539 g/mol.